The van der Waals surface area contributed by atoms with Gasteiger partial charge in [-0.25, -0.2) is 0 Å². The second-order valence-corrected chi connectivity index (χ2v) is 4.72. The molecule has 1 aliphatic rings. The highest BCUT2D eigenvalue weighted by molar-refractivity contribution is 4.81. The maximum absolute atomic E-state index is 3.62. The summed E-state index contributed by atoms with van der Waals surface area (Å²) in [6.07, 6.45) is 5.56. The summed E-state index contributed by atoms with van der Waals surface area (Å²) in [6.45, 7) is 8.21. The van der Waals surface area contributed by atoms with Gasteiger partial charge < -0.3 is 5.32 Å². The molecule has 0 bridgehead atoms. The largest absolute Gasteiger partial charge is 0.313 e. The molecule has 0 saturated carbocycles. The molecule has 0 aromatic heterocycles. The van der Waals surface area contributed by atoms with E-state index in [2.05, 4.69) is 26.1 Å². The third-order valence-electron chi connectivity index (χ3n) is 2.61. The first-order valence-electron chi connectivity index (χ1n) is 4.84. The topological polar surface area (TPSA) is 12.0 Å². The smallest absolute Gasteiger partial charge is 0.0116 e. The molecule has 1 nitrogen and oxygen atoms in total. The fourth-order valence-corrected chi connectivity index (χ4v) is 1.77. The van der Waals surface area contributed by atoms with Crippen molar-refractivity contribution in [3.8, 4) is 0 Å². The number of rotatable bonds is 0. The van der Waals surface area contributed by atoms with E-state index in [1.165, 1.54) is 32.2 Å². The minimum Gasteiger partial charge on any atom is -0.313 e. The summed E-state index contributed by atoms with van der Waals surface area (Å²) in [5, 5.41) is 3.62. The first-order valence-corrected chi connectivity index (χ1v) is 4.84. The Hall–Kier alpha value is -0.0400. The zero-order chi connectivity index (χ0) is 8.32. The minimum atomic E-state index is 0.449. The van der Waals surface area contributed by atoms with Crippen molar-refractivity contribution >= 4 is 0 Å². The summed E-state index contributed by atoms with van der Waals surface area (Å²) in [6, 6.07) is 0.741. The van der Waals surface area contributed by atoms with Gasteiger partial charge in [-0.2, -0.15) is 0 Å². The molecule has 0 radical (unpaired) electrons. The van der Waals surface area contributed by atoms with Crippen molar-refractivity contribution in [2.75, 3.05) is 6.54 Å². The van der Waals surface area contributed by atoms with Crippen molar-refractivity contribution in [2.24, 2.45) is 5.41 Å². The van der Waals surface area contributed by atoms with Crippen LogP contribution in [0.25, 0.3) is 0 Å². The van der Waals surface area contributed by atoms with E-state index in [-0.39, 0.29) is 0 Å². The molecular formula is C10H21N. The second-order valence-electron chi connectivity index (χ2n) is 4.72. The molecule has 0 spiro atoms. The molecule has 1 fully saturated rings. The van der Waals surface area contributed by atoms with E-state index in [0.717, 1.165) is 6.04 Å². The van der Waals surface area contributed by atoms with Gasteiger partial charge in [0.1, 0.15) is 0 Å². The highest BCUT2D eigenvalue weighted by Gasteiger charge is 2.24. The fraction of sp³-hybridized carbons (Fsp3) is 1.00. The van der Waals surface area contributed by atoms with Gasteiger partial charge in [0, 0.05) is 6.04 Å². The molecule has 0 aromatic carbocycles. The van der Waals surface area contributed by atoms with Gasteiger partial charge >= 0.3 is 0 Å². The molecule has 1 rings (SSSR count). The first-order chi connectivity index (χ1) is 5.11. The Morgan fingerprint density at radius 2 is 1.82 bits per heavy atom. The van der Waals surface area contributed by atoms with Crippen LogP contribution in [0.5, 0.6) is 0 Å². The van der Waals surface area contributed by atoms with Gasteiger partial charge in [-0.3, -0.25) is 0 Å². The van der Waals surface area contributed by atoms with Crippen LogP contribution in [0.1, 0.15) is 46.5 Å². The van der Waals surface area contributed by atoms with Gasteiger partial charge in [0.25, 0.3) is 0 Å². The SMILES string of the molecule is CC(C)(C)C1CCCCCN1. The molecule has 1 aliphatic heterocycles. The highest BCUT2D eigenvalue weighted by atomic mass is 14.9. The predicted molar refractivity (Wildman–Crippen MR) is 49.7 cm³/mol. The first kappa shape index (κ1) is 9.05. The van der Waals surface area contributed by atoms with Crippen molar-refractivity contribution in [3.05, 3.63) is 0 Å². The van der Waals surface area contributed by atoms with E-state index in [1.54, 1.807) is 0 Å². The van der Waals surface area contributed by atoms with Crippen LogP contribution < -0.4 is 5.32 Å². The van der Waals surface area contributed by atoms with Crippen LogP contribution in [0.2, 0.25) is 0 Å². The quantitative estimate of drug-likeness (QED) is 0.567. The Bertz CT molecular complexity index is 105. The van der Waals surface area contributed by atoms with E-state index >= 15 is 0 Å². The van der Waals surface area contributed by atoms with Crippen LogP contribution >= 0.6 is 0 Å². The standard InChI is InChI=1S/C10H21N/c1-10(2,3)9-7-5-4-6-8-11-9/h9,11H,4-8H2,1-3H3. The van der Waals surface area contributed by atoms with Crippen LogP contribution in [0.15, 0.2) is 0 Å². The van der Waals surface area contributed by atoms with E-state index in [9.17, 15) is 0 Å². The Morgan fingerprint density at radius 3 is 2.45 bits per heavy atom. The van der Waals surface area contributed by atoms with Gasteiger partial charge in [-0.15, -0.1) is 0 Å². The van der Waals surface area contributed by atoms with E-state index < -0.39 is 0 Å². The van der Waals surface area contributed by atoms with Crippen LogP contribution in [0, 0.1) is 5.41 Å². The lowest BCUT2D eigenvalue weighted by Gasteiger charge is -2.30. The summed E-state index contributed by atoms with van der Waals surface area (Å²) in [7, 11) is 0. The third kappa shape index (κ3) is 2.82. The van der Waals surface area contributed by atoms with E-state index in [1.807, 2.05) is 0 Å². The fourth-order valence-electron chi connectivity index (χ4n) is 1.77. The average Bonchev–Trinajstić information content (AvgIpc) is 2.10. The van der Waals surface area contributed by atoms with Crippen LogP contribution in [-0.4, -0.2) is 12.6 Å². The van der Waals surface area contributed by atoms with E-state index in [0.29, 0.717) is 5.41 Å². The molecule has 0 amide bonds. The monoisotopic (exact) mass is 155 g/mol. The van der Waals surface area contributed by atoms with Crippen LogP contribution in [0.4, 0.5) is 0 Å². The van der Waals surface area contributed by atoms with Crippen molar-refractivity contribution < 1.29 is 0 Å². The summed E-state index contributed by atoms with van der Waals surface area (Å²) < 4.78 is 0. The average molecular weight is 155 g/mol. The predicted octanol–water partition coefficient (Wildman–Crippen LogP) is 2.56. The van der Waals surface area contributed by atoms with Crippen molar-refractivity contribution in [3.63, 3.8) is 0 Å². The Labute approximate surface area is 70.6 Å². The number of hydrogen-bond acceptors (Lipinski definition) is 1. The number of hydrogen-bond donors (Lipinski definition) is 1. The lowest BCUT2D eigenvalue weighted by Crippen LogP contribution is -2.39. The Kier molecular flexibility index (Phi) is 2.94. The van der Waals surface area contributed by atoms with Gasteiger partial charge in [0.2, 0.25) is 0 Å². The maximum Gasteiger partial charge on any atom is 0.0116 e. The minimum absolute atomic E-state index is 0.449. The van der Waals surface area contributed by atoms with Crippen LogP contribution in [-0.2, 0) is 0 Å². The Morgan fingerprint density at radius 1 is 1.09 bits per heavy atom. The molecular weight excluding hydrogens is 134 g/mol. The summed E-state index contributed by atoms with van der Waals surface area (Å²) in [4.78, 5) is 0. The normalized spacial score (nSPS) is 28.1. The number of nitrogens with one attached hydrogen (secondary N) is 1. The lowest BCUT2D eigenvalue weighted by atomic mass is 9.84. The van der Waals surface area contributed by atoms with Crippen molar-refractivity contribution in [1.29, 1.82) is 0 Å². The van der Waals surface area contributed by atoms with Gasteiger partial charge in [-0.1, -0.05) is 33.6 Å². The third-order valence-corrected chi connectivity index (χ3v) is 2.61. The molecule has 0 aromatic rings. The second kappa shape index (κ2) is 3.57. The van der Waals surface area contributed by atoms with Crippen molar-refractivity contribution in [1.82, 2.24) is 5.32 Å². The summed E-state index contributed by atoms with van der Waals surface area (Å²) >= 11 is 0. The molecule has 1 unspecified atom stereocenters. The summed E-state index contributed by atoms with van der Waals surface area (Å²) in [5.41, 5.74) is 0.449. The molecule has 66 valence electrons. The highest BCUT2D eigenvalue weighted by Crippen LogP contribution is 2.25. The molecule has 1 heterocycles. The van der Waals surface area contributed by atoms with Gasteiger partial charge in [0.05, 0.1) is 0 Å². The molecule has 1 atom stereocenters. The molecule has 11 heavy (non-hydrogen) atoms. The molecule has 0 aliphatic carbocycles. The zero-order valence-corrected chi connectivity index (χ0v) is 8.11. The molecule has 1 saturated heterocycles. The molecule has 1 heteroatoms. The van der Waals surface area contributed by atoms with Gasteiger partial charge in [-0.05, 0) is 24.8 Å². The summed E-state index contributed by atoms with van der Waals surface area (Å²) in [5.74, 6) is 0. The van der Waals surface area contributed by atoms with E-state index in [4.69, 9.17) is 0 Å². The lowest BCUT2D eigenvalue weighted by molar-refractivity contribution is 0.263. The Balaban J connectivity index is 2.43. The van der Waals surface area contributed by atoms with Gasteiger partial charge in [0.15, 0.2) is 0 Å². The zero-order valence-electron chi connectivity index (χ0n) is 8.11. The van der Waals surface area contributed by atoms with Crippen LogP contribution in [0.3, 0.4) is 0 Å². The van der Waals surface area contributed by atoms with Crippen molar-refractivity contribution in [2.45, 2.75) is 52.5 Å². The molecule has 1 N–H and O–H groups in total. The maximum atomic E-state index is 3.62.